The highest BCUT2D eigenvalue weighted by molar-refractivity contribution is 6.31. The van der Waals surface area contributed by atoms with Crippen LogP contribution in [0.4, 0.5) is 0 Å². The molecule has 1 aromatic carbocycles. The molecule has 1 heterocycles. The van der Waals surface area contributed by atoms with Crippen molar-refractivity contribution in [2.24, 2.45) is 0 Å². The van der Waals surface area contributed by atoms with Crippen LogP contribution in [0, 0.1) is 18.3 Å². The predicted molar refractivity (Wildman–Crippen MR) is 67.3 cm³/mol. The summed E-state index contributed by atoms with van der Waals surface area (Å²) in [7, 11) is 0. The molecule has 4 nitrogen and oxygen atoms in total. The second-order valence-electron chi connectivity index (χ2n) is 3.67. The van der Waals surface area contributed by atoms with Crippen LogP contribution in [0.5, 0.6) is 6.01 Å². The molecule has 0 amide bonds. The summed E-state index contributed by atoms with van der Waals surface area (Å²) in [5, 5.41) is 9.43. The molecule has 0 N–H and O–H groups in total. The summed E-state index contributed by atoms with van der Waals surface area (Å²) < 4.78 is 5.44. The number of hydrogen-bond acceptors (Lipinski definition) is 4. The Labute approximate surface area is 110 Å². The number of aromatic nitrogens is 2. The van der Waals surface area contributed by atoms with Crippen molar-refractivity contribution in [1.29, 1.82) is 5.26 Å². The van der Waals surface area contributed by atoms with Gasteiger partial charge in [-0.15, -0.1) is 0 Å². The molecule has 0 aliphatic heterocycles. The minimum Gasteiger partial charge on any atom is -0.458 e. The van der Waals surface area contributed by atoms with Crippen molar-refractivity contribution in [3.05, 3.63) is 52.3 Å². The lowest BCUT2D eigenvalue weighted by Gasteiger charge is -2.06. The van der Waals surface area contributed by atoms with Crippen LogP contribution >= 0.6 is 11.6 Å². The number of halogens is 1. The van der Waals surface area contributed by atoms with Crippen LogP contribution in [-0.2, 0) is 6.61 Å². The molecule has 0 saturated carbocycles. The van der Waals surface area contributed by atoms with Crippen LogP contribution in [-0.4, -0.2) is 9.97 Å². The Balaban J connectivity index is 2.14. The van der Waals surface area contributed by atoms with E-state index in [1.54, 1.807) is 19.1 Å². The molecule has 2 aromatic rings. The summed E-state index contributed by atoms with van der Waals surface area (Å²) in [6, 6.07) is 11.1. The molecule has 18 heavy (non-hydrogen) atoms. The van der Waals surface area contributed by atoms with Gasteiger partial charge in [-0.3, -0.25) is 0 Å². The van der Waals surface area contributed by atoms with E-state index in [-0.39, 0.29) is 18.3 Å². The summed E-state index contributed by atoms with van der Waals surface area (Å²) in [4.78, 5) is 8.06. The first kappa shape index (κ1) is 12.3. The number of hydrogen-bond donors (Lipinski definition) is 0. The molecule has 1 aromatic heterocycles. The highest BCUT2D eigenvalue weighted by Crippen LogP contribution is 2.16. The third-order valence-corrected chi connectivity index (χ3v) is 2.63. The van der Waals surface area contributed by atoms with E-state index >= 15 is 0 Å². The standard InChI is InChI=1S/C13H10ClN3O/c1-9-6-11(7-15)17-13(16-9)18-8-10-4-2-3-5-12(10)14/h2-6H,8H2,1H3. The lowest BCUT2D eigenvalue weighted by atomic mass is 10.2. The fraction of sp³-hybridized carbons (Fsp3) is 0.154. The molecule has 0 aliphatic carbocycles. The fourth-order valence-corrected chi connectivity index (χ4v) is 1.61. The first-order valence-corrected chi connectivity index (χ1v) is 5.69. The monoisotopic (exact) mass is 259 g/mol. The van der Waals surface area contributed by atoms with Gasteiger partial charge in [-0.05, 0) is 19.1 Å². The van der Waals surface area contributed by atoms with Crippen molar-refractivity contribution in [2.75, 3.05) is 0 Å². The van der Waals surface area contributed by atoms with Gasteiger partial charge in [0.25, 0.3) is 0 Å². The van der Waals surface area contributed by atoms with Gasteiger partial charge in [0, 0.05) is 16.3 Å². The van der Waals surface area contributed by atoms with Gasteiger partial charge in [-0.2, -0.15) is 10.2 Å². The summed E-state index contributed by atoms with van der Waals surface area (Å²) in [5.41, 5.74) is 1.83. The van der Waals surface area contributed by atoms with Crippen LogP contribution < -0.4 is 4.74 Å². The molecule has 5 heteroatoms. The van der Waals surface area contributed by atoms with Gasteiger partial charge in [-0.1, -0.05) is 29.8 Å². The van der Waals surface area contributed by atoms with Gasteiger partial charge >= 0.3 is 6.01 Å². The minimum atomic E-state index is 0.187. The highest BCUT2D eigenvalue weighted by Gasteiger charge is 2.05. The number of benzene rings is 1. The van der Waals surface area contributed by atoms with Crippen LogP contribution in [0.1, 0.15) is 17.0 Å². The zero-order valence-corrected chi connectivity index (χ0v) is 10.5. The predicted octanol–water partition coefficient (Wildman–Crippen LogP) is 2.89. The van der Waals surface area contributed by atoms with E-state index < -0.39 is 0 Å². The Bertz CT molecular complexity index is 607. The lowest BCUT2D eigenvalue weighted by molar-refractivity contribution is 0.280. The average molecular weight is 260 g/mol. The molecule has 0 spiro atoms. The number of rotatable bonds is 3. The summed E-state index contributed by atoms with van der Waals surface area (Å²) >= 11 is 6.01. The van der Waals surface area contributed by atoms with Gasteiger partial charge in [0.05, 0.1) is 0 Å². The van der Waals surface area contributed by atoms with E-state index in [0.717, 1.165) is 5.56 Å². The summed E-state index contributed by atoms with van der Waals surface area (Å²) in [5.74, 6) is 0. The average Bonchev–Trinajstić information content (AvgIpc) is 2.37. The van der Waals surface area contributed by atoms with Crippen molar-refractivity contribution in [2.45, 2.75) is 13.5 Å². The van der Waals surface area contributed by atoms with E-state index in [1.165, 1.54) is 0 Å². The molecule has 0 unspecified atom stereocenters. The van der Waals surface area contributed by atoms with Crippen LogP contribution in [0.3, 0.4) is 0 Å². The van der Waals surface area contributed by atoms with Crippen molar-refractivity contribution in [3.8, 4) is 12.1 Å². The van der Waals surface area contributed by atoms with Crippen molar-refractivity contribution in [3.63, 3.8) is 0 Å². The third-order valence-electron chi connectivity index (χ3n) is 2.26. The van der Waals surface area contributed by atoms with Crippen molar-refractivity contribution in [1.82, 2.24) is 9.97 Å². The van der Waals surface area contributed by atoms with Crippen LogP contribution in [0.15, 0.2) is 30.3 Å². The van der Waals surface area contributed by atoms with E-state index in [1.807, 2.05) is 24.3 Å². The van der Waals surface area contributed by atoms with Gasteiger partial charge < -0.3 is 4.74 Å². The van der Waals surface area contributed by atoms with Gasteiger partial charge in [-0.25, -0.2) is 4.98 Å². The Kier molecular flexibility index (Phi) is 3.75. The SMILES string of the molecule is Cc1cc(C#N)nc(OCc2ccccc2Cl)n1. The molecular weight excluding hydrogens is 250 g/mol. The molecular formula is C13H10ClN3O. The first-order chi connectivity index (χ1) is 8.69. The van der Waals surface area contributed by atoms with Crippen LogP contribution in [0.25, 0.3) is 0 Å². The van der Waals surface area contributed by atoms with Crippen LogP contribution in [0.2, 0.25) is 5.02 Å². The normalized spacial score (nSPS) is 9.83. The Morgan fingerprint density at radius 1 is 1.33 bits per heavy atom. The number of aryl methyl sites for hydroxylation is 1. The molecule has 0 saturated heterocycles. The maximum absolute atomic E-state index is 8.80. The van der Waals surface area contributed by atoms with E-state index in [4.69, 9.17) is 21.6 Å². The summed E-state index contributed by atoms with van der Waals surface area (Å²) in [6.07, 6.45) is 0. The molecule has 0 fully saturated rings. The fourth-order valence-electron chi connectivity index (χ4n) is 1.42. The van der Waals surface area contributed by atoms with Gasteiger partial charge in [0.1, 0.15) is 18.4 Å². The molecule has 0 aliphatic rings. The molecule has 0 radical (unpaired) electrons. The zero-order valence-electron chi connectivity index (χ0n) is 9.72. The number of ether oxygens (including phenoxy) is 1. The molecule has 0 atom stereocenters. The largest absolute Gasteiger partial charge is 0.458 e. The second kappa shape index (κ2) is 5.48. The first-order valence-electron chi connectivity index (χ1n) is 5.31. The Hall–Kier alpha value is -2.12. The van der Waals surface area contributed by atoms with Gasteiger partial charge in [0.2, 0.25) is 0 Å². The summed E-state index contributed by atoms with van der Waals surface area (Å²) in [6.45, 7) is 2.05. The smallest absolute Gasteiger partial charge is 0.318 e. The number of nitrogens with zero attached hydrogens (tertiary/aromatic N) is 3. The quantitative estimate of drug-likeness (QED) is 0.850. The highest BCUT2D eigenvalue weighted by atomic mass is 35.5. The maximum Gasteiger partial charge on any atom is 0.318 e. The molecule has 2 rings (SSSR count). The van der Waals surface area contributed by atoms with E-state index in [0.29, 0.717) is 10.7 Å². The zero-order chi connectivity index (χ0) is 13.0. The van der Waals surface area contributed by atoms with Crippen molar-refractivity contribution < 1.29 is 4.74 Å². The Morgan fingerprint density at radius 3 is 2.83 bits per heavy atom. The van der Waals surface area contributed by atoms with Gasteiger partial charge in [0.15, 0.2) is 0 Å². The van der Waals surface area contributed by atoms with E-state index in [9.17, 15) is 0 Å². The molecule has 90 valence electrons. The second-order valence-corrected chi connectivity index (χ2v) is 4.08. The third kappa shape index (κ3) is 2.96. The lowest BCUT2D eigenvalue weighted by Crippen LogP contribution is -2.02. The Morgan fingerprint density at radius 2 is 2.11 bits per heavy atom. The number of nitriles is 1. The maximum atomic E-state index is 8.80. The minimum absolute atomic E-state index is 0.187. The topological polar surface area (TPSA) is 58.8 Å². The molecule has 0 bridgehead atoms. The van der Waals surface area contributed by atoms with Crippen molar-refractivity contribution >= 4 is 11.6 Å². The van der Waals surface area contributed by atoms with E-state index in [2.05, 4.69) is 9.97 Å².